The third-order valence-corrected chi connectivity index (χ3v) is 6.07. The average Bonchev–Trinajstić information content (AvgIpc) is 3.10. The normalized spacial score (nSPS) is 14.8. The summed E-state index contributed by atoms with van der Waals surface area (Å²) in [5.74, 6) is 1.59. The predicted molar refractivity (Wildman–Crippen MR) is 108 cm³/mol. The van der Waals surface area contributed by atoms with Crippen molar-refractivity contribution in [1.29, 1.82) is 0 Å². The van der Waals surface area contributed by atoms with Gasteiger partial charge in [0.25, 0.3) is 5.56 Å². The molecule has 0 bridgehead atoms. The number of aromatic nitrogens is 2. The molecule has 0 amide bonds. The lowest BCUT2D eigenvalue weighted by Crippen LogP contribution is -2.36. The summed E-state index contributed by atoms with van der Waals surface area (Å²) >= 11 is 3.42. The summed E-state index contributed by atoms with van der Waals surface area (Å²) in [5, 5.41) is -0.269. The van der Waals surface area contributed by atoms with Gasteiger partial charge in [-0.2, -0.15) is 0 Å². The van der Waals surface area contributed by atoms with Crippen molar-refractivity contribution in [1.82, 2.24) is 14.9 Å². The summed E-state index contributed by atoms with van der Waals surface area (Å²) in [5.41, 5.74) is 1.66. The van der Waals surface area contributed by atoms with E-state index in [1.165, 1.54) is 0 Å². The standard InChI is InChI=1S/C19H18BrN3O4S/c1-28(25,26)19-21-16-8-9-23(11-15(16)18(24)22-19)10-14-6-7-17(27-14)12-2-4-13(20)5-3-12/h2-7H,8-11H2,1H3,(H,21,22,24). The molecule has 1 N–H and O–H groups in total. The van der Waals surface area contributed by atoms with Crippen molar-refractivity contribution in [2.45, 2.75) is 24.7 Å². The number of H-pyrrole nitrogens is 1. The van der Waals surface area contributed by atoms with Gasteiger partial charge < -0.3 is 4.42 Å². The van der Waals surface area contributed by atoms with E-state index in [2.05, 4.69) is 30.8 Å². The minimum absolute atomic E-state index is 0.269. The molecular formula is C19H18BrN3O4S. The highest BCUT2D eigenvalue weighted by Gasteiger charge is 2.24. The maximum Gasteiger partial charge on any atom is 0.256 e. The zero-order valence-electron chi connectivity index (χ0n) is 15.1. The van der Waals surface area contributed by atoms with Crippen LogP contribution in [0, 0.1) is 0 Å². The molecule has 7 nitrogen and oxygen atoms in total. The Balaban J connectivity index is 1.51. The van der Waals surface area contributed by atoms with Crippen molar-refractivity contribution in [3.8, 4) is 11.3 Å². The smallest absolute Gasteiger partial charge is 0.256 e. The lowest BCUT2D eigenvalue weighted by atomic mass is 10.1. The molecule has 0 radical (unpaired) electrons. The second kappa shape index (κ2) is 7.31. The highest BCUT2D eigenvalue weighted by molar-refractivity contribution is 9.10. The Hall–Kier alpha value is -2.23. The molecule has 2 aromatic heterocycles. The molecule has 0 unspecified atom stereocenters. The number of rotatable bonds is 4. The molecule has 0 saturated heterocycles. The monoisotopic (exact) mass is 463 g/mol. The Kier molecular flexibility index (Phi) is 4.98. The molecule has 28 heavy (non-hydrogen) atoms. The minimum Gasteiger partial charge on any atom is -0.460 e. The fraction of sp³-hybridized carbons (Fsp3) is 0.263. The van der Waals surface area contributed by atoms with Gasteiger partial charge in [0.05, 0.1) is 17.8 Å². The summed E-state index contributed by atoms with van der Waals surface area (Å²) in [6, 6.07) is 11.8. The quantitative estimate of drug-likeness (QED) is 0.597. The molecule has 9 heteroatoms. The number of aromatic amines is 1. The van der Waals surface area contributed by atoms with Gasteiger partial charge >= 0.3 is 0 Å². The van der Waals surface area contributed by atoms with Crippen molar-refractivity contribution < 1.29 is 12.8 Å². The molecule has 4 rings (SSSR count). The van der Waals surface area contributed by atoms with Gasteiger partial charge in [-0.3, -0.25) is 14.7 Å². The number of halogens is 1. The van der Waals surface area contributed by atoms with Gasteiger partial charge in [0.1, 0.15) is 11.5 Å². The number of fused-ring (bicyclic) bond motifs is 1. The van der Waals surface area contributed by atoms with Crippen molar-refractivity contribution in [3.63, 3.8) is 0 Å². The van der Waals surface area contributed by atoms with Crippen LogP contribution in [0.15, 0.2) is 55.2 Å². The van der Waals surface area contributed by atoms with E-state index in [1.54, 1.807) is 0 Å². The third kappa shape index (κ3) is 3.96. The molecule has 0 aliphatic carbocycles. The Morgan fingerprint density at radius 1 is 1.21 bits per heavy atom. The first-order chi connectivity index (χ1) is 13.3. The molecule has 0 atom stereocenters. The van der Waals surface area contributed by atoms with E-state index in [-0.39, 0.29) is 5.16 Å². The Labute approximate surface area is 170 Å². The van der Waals surface area contributed by atoms with E-state index in [0.717, 1.165) is 27.8 Å². The second-order valence-corrected chi connectivity index (χ2v) is 9.65. The number of hydrogen-bond acceptors (Lipinski definition) is 6. The van der Waals surface area contributed by atoms with Crippen LogP contribution in [0.2, 0.25) is 0 Å². The van der Waals surface area contributed by atoms with E-state index in [1.807, 2.05) is 36.4 Å². The zero-order valence-corrected chi connectivity index (χ0v) is 17.5. The number of sulfone groups is 1. The van der Waals surface area contributed by atoms with Crippen LogP contribution >= 0.6 is 15.9 Å². The fourth-order valence-corrected chi connectivity index (χ4v) is 4.04. The molecule has 0 saturated carbocycles. The van der Waals surface area contributed by atoms with Gasteiger partial charge in [0.15, 0.2) is 0 Å². The van der Waals surface area contributed by atoms with Crippen LogP contribution in [0.5, 0.6) is 0 Å². The second-order valence-electron chi connectivity index (χ2n) is 6.80. The van der Waals surface area contributed by atoms with E-state index >= 15 is 0 Å². The van der Waals surface area contributed by atoms with Crippen molar-refractivity contribution in [2.75, 3.05) is 12.8 Å². The molecule has 1 aliphatic heterocycles. The lowest BCUT2D eigenvalue weighted by molar-refractivity contribution is 0.222. The highest BCUT2D eigenvalue weighted by Crippen LogP contribution is 2.25. The van der Waals surface area contributed by atoms with Crippen molar-refractivity contribution in [3.05, 3.63) is 68.2 Å². The first-order valence-corrected chi connectivity index (χ1v) is 11.4. The molecule has 0 fully saturated rings. The topological polar surface area (TPSA) is 96.3 Å². The molecule has 146 valence electrons. The van der Waals surface area contributed by atoms with E-state index < -0.39 is 15.4 Å². The Morgan fingerprint density at radius 3 is 2.68 bits per heavy atom. The van der Waals surface area contributed by atoms with Crippen molar-refractivity contribution >= 4 is 25.8 Å². The summed E-state index contributed by atoms with van der Waals surface area (Å²) in [6.07, 6.45) is 1.55. The number of hydrogen-bond donors (Lipinski definition) is 1. The summed E-state index contributed by atoms with van der Waals surface area (Å²) < 4.78 is 30.3. The number of furan rings is 1. The van der Waals surface area contributed by atoms with Gasteiger partial charge in [-0.05, 0) is 24.3 Å². The first-order valence-electron chi connectivity index (χ1n) is 8.69. The molecule has 3 heterocycles. The van der Waals surface area contributed by atoms with Crippen LogP contribution < -0.4 is 5.56 Å². The van der Waals surface area contributed by atoms with Crippen LogP contribution in [0.3, 0.4) is 0 Å². The predicted octanol–water partition coefficient (Wildman–Crippen LogP) is 2.75. The number of nitrogens with one attached hydrogen (secondary N) is 1. The fourth-order valence-electron chi connectivity index (χ4n) is 3.22. The van der Waals surface area contributed by atoms with E-state index in [9.17, 15) is 13.2 Å². The minimum atomic E-state index is -3.55. The van der Waals surface area contributed by atoms with Gasteiger partial charge in [-0.25, -0.2) is 13.4 Å². The molecular weight excluding hydrogens is 446 g/mol. The first kappa shape index (κ1) is 19.1. The van der Waals surface area contributed by atoms with Crippen LogP contribution in [-0.4, -0.2) is 36.1 Å². The van der Waals surface area contributed by atoms with Crippen LogP contribution in [-0.2, 0) is 29.3 Å². The summed E-state index contributed by atoms with van der Waals surface area (Å²) in [6.45, 7) is 1.63. The van der Waals surface area contributed by atoms with Crippen LogP contribution in [0.4, 0.5) is 0 Å². The SMILES string of the molecule is CS(=O)(=O)c1nc2c(c(=O)[nH]1)CN(Cc1ccc(-c3ccc(Br)cc3)o1)CC2. The summed E-state index contributed by atoms with van der Waals surface area (Å²) in [7, 11) is -3.55. The highest BCUT2D eigenvalue weighted by atomic mass is 79.9. The average molecular weight is 464 g/mol. The number of benzene rings is 1. The van der Waals surface area contributed by atoms with Gasteiger partial charge in [-0.1, -0.05) is 28.1 Å². The van der Waals surface area contributed by atoms with Gasteiger partial charge in [-0.15, -0.1) is 0 Å². The number of nitrogens with zero attached hydrogens (tertiary/aromatic N) is 2. The van der Waals surface area contributed by atoms with Gasteiger partial charge in [0.2, 0.25) is 15.0 Å². The molecule has 1 aliphatic rings. The maximum absolute atomic E-state index is 12.3. The van der Waals surface area contributed by atoms with Crippen LogP contribution in [0.1, 0.15) is 17.0 Å². The summed E-state index contributed by atoms with van der Waals surface area (Å²) in [4.78, 5) is 20.9. The maximum atomic E-state index is 12.3. The van der Waals surface area contributed by atoms with Gasteiger partial charge in [0, 0.05) is 35.8 Å². The third-order valence-electron chi connectivity index (χ3n) is 4.65. The van der Waals surface area contributed by atoms with Crippen LogP contribution in [0.25, 0.3) is 11.3 Å². The Bertz CT molecular complexity index is 1180. The lowest BCUT2D eigenvalue weighted by Gasteiger charge is -2.26. The van der Waals surface area contributed by atoms with Crippen molar-refractivity contribution in [2.24, 2.45) is 0 Å². The molecule has 1 aromatic carbocycles. The zero-order chi connectivity index (χ0) is 19.9. The molecule has 0 spiro atoms. The van der Waals surface area contributed by atoms with E-state index in [4.69, 9.17) is 4.42 Å². The van der Waals surface area contributed by atoms with E-state index in [0.29, 0.717) is 37.3 Å². The Morgan fingerprint density at radius 2 is 1.96 bits per heavy atom. The largest absolute Gasteiger partial charge is 0.460 e. The molecule has 3 aromatic rings.